The van der Waals surface area contributed by atoms with Crippen molar-refractivity contribution in [3.8, 4) is 0 Å². The number of rotatable bonds is 3. The van der Waals surface area contributed by atoms with E-state index in [2.05, 4.69) is 15.4 Å². The van der Waals surface area contributed by atoms with Crippen molar-refractivity contribution in [3.63, 3.8) is 0 Å². The summed E-state index contributed by atoms with van der Waals surface area (Å²) in [6.45, 7) is 0. The molecular weight excluding hydrogens is 255 g/mol. The van der Waals surface area contributed by atoms with Gasteiger partial charge in [0, 0.05) is 29.5 Å². The van der Waals surface area contributed by atoms with E-state index < -0.39 is 11.9 Å². The maximum absolute atomic E-state index is 13.9. The van der Waals surface area contributed by atoms with Gasteiger partial charge in [-0.2, -0.15) is 0 Å². The first-order valence-electron chi connectivity index (χ1n) is 6.19. The topological polar surface area (TPSA) is 63.8 Å². The molecule has 5 heteroatoms. The molecular formula is C15H13FN4. The highest BCUT2D eigenvalue weighted by molar-refractivity contribution is 5.85. The molecule has 3 N–H and O–H groups in total. The van der Waals surface area contributed by atoms with E-state index in [0.717, 1.165) is 16.3 Å². The third-order valence-corrected chi connectivity index (χ3v) is 3.31. The van der Waals surface area contributed by atoms with Gasteiger partial charge in [0.25, 0.3) is 0 Å². The van der Waals surface area contributed by atoms with Gasteiger partial charge in [-0.15, -0.1) is 0 Å². The highest BCUT2D eigenvalue weighted by Crippen LogP contribution is 2.28. The minimum absolute atomic E-state index is 0.392. The van der Waals surface area contributed by atoms with Crippen LogP contribution in [0.3, 0.4) is 0 Å². The molecule has 0 aliphatic heterocycles. The van der Waals surface area contributed by atoms with Crippen LogP contribution in [0.2, 0.25) is 0 Å². The number of nitrogens with one attached hydrogen (secondary N) is 1. The summed E-state index contributed by atoms with van der Waals surface area (Å²) in [5.74, 6) is 5.25. The lowest BCUT2D eigenvalue weighted by Crippen LogP contribution is -2.29. The number of nitrogens with two attached hydrogens (primary N) is 1. The van der Waals surface area contributed by atoms with Crippen molar-refractivity contribution >= 4 is 10.8 Å². The Bertz CT molecular complexity index is 739. The van der Waals surface area contributed by atoms with Gasteiger partial charge in [0.2, 0.25) is 0 Å². The molecule has 0 amide bonds. The molecule has 20 heavy (non-hydrogen) atoms. The Morgan fingerprint density at radius 3 is 2.60 bits per heavy atom. The van der Waals surface area contributed by atoms with Crippen LogP contribution in [0.25, 0.3) is 10.8 Å². The van der Waals surface area contributed by atoms with E-state index in [1.807, 2.05) is 24.3 Å². The lowest BCUT2D eigenvalue weighted by molar-refractivity contribution is 0.557. The highest BCUT2D eigenvalue weighted by atomic mass is 19.1. The van der Waals surface area contributed by atoms with E-state index in [9.17, 15) is 4.39 Å². The van der Waals surface area contributed by atoms with Crippen LogP contribution in [0.1, 0.15) is 17.2 Å². The molecule has 0 saturated carbocycles. The number of hydrogen-bond acceptors (Lipinski definition) is 4. The van der Waals surface area contributed by atoms with Gasteiger partial charge in [-0.25, -0.2) is 9.82 Å². The molecule has 0 radical (unpaired) electrons. The van der Waals surface area contributed by atoms with Crippen LogP contribution in [-0.4, -0.2) is 9.97 Å². The van der Waals surface area contributed by atoms with Gasteiger partial charge in [0.15, 0.2) is 0 Å². The second-order valence-electron chi connectivity index (χ2n) is 4.44. The molecule has 0 saturated heterocycles. The minimum Gasteiger partial charge on any atom is -0.271 e. The molecule has 4 nitrogen and oxygen atoms in total. The van der Waals surface area contributed by atoms with Crippen molar-refractivity contribution in [3.05, 3.63) is 72.1 Å². The lowest BCUT2D eigenvalue weighted by atomic mass is 9.95. The quantitative estimate of drug-likeness (QED) is 0.565. The molecule has 3 rings (SSSR count). The van der Waals surface area contributed by atoms with Gasteiger partial charge in [-0.05, 0) is 23.1 Å². The van der Waals surface area contributed by atoms with E-state index in [0.29, 0.717) is 5.56 Å². The summed E-state index contributed by atoms with van der Waals surface area (Å²) in [7, 11) is 0. The second kappa shape index (κ2) is 5.32. The third-order valence-electron chi connectivity index (χ3n) is 3.31. The monoisotopic (exact) mass is 268 g/mol. The molecule has 1 aromatic carbocycles. The van der Waals surface area contributed by atoms with Gasteiger partial charge in [0.05, 0.1) is 12.2 Å². The maximum atomic E-state index is 13.9. The van der Waals surface area contributed by atoms with Gasteiger partial charge in [-0.3, -0.25) is 15.8 Å². The highest BCUT2D eigenvalue weighted by Gasteiger charge is 2.18. The number of hydrogen-bond donors (Lipinski definition) is 2. The zero-order valence-corrected chi connectivity index (χ0v) is 10.6. The van der Waals surface area contributed by atoms with Crippen LogP contribution in [0.15, 0.2) is 55.1 Å². The molecule has 0 aliphatic rings. The van der Waals surface area contributed by atoms with Crippen molar-refractivity contribution in [1.82, 2.24) is 15.4 Å². The molecule has 0 bridgehead atoms. The Morgan fingerprint density at radius 1 is 1.00 bits per heavy atom. The smallest absolute Gasteiger partial charge is 0.146 e. The zero-order chi connectivity index (χ0) is 13.9. The summed E-state index contributed by atoms with van der Waals surface area (Å²) < 4.78 is 13.9. The van der Waals surface area contributed by atoms with Crippen molar-refractivity contribution < 1.29 is 4.39 Å². The average molecular weight is 268 g/mol. The number of aromatic nitrogens is 2. The number of hydrazine groups is 1. The van der Waals surface area contributed by atoms with Crippen molar-refractivity contribution in [2.45, 2.75) is 6.04 Å². The first kappa shape index (κ1) is 12.7. The second-order valence-corrected chi connectivity index (χ2v) is 4.44. The Kier molecular flexibility index (Phi) is 3.37. The molecule has 100 valence electrons. The molecule has 3 aromatic rings. The van der Waals surface area contributed by atoms with Crippen LogP contribution in [0.4, 0.5) is 4.39 Å². The fraction of sp³-hybridized carbons (Fsp3) is 0.0667. The summed E-state index contributed by atoms with van der Waals surface area (Å²) >= 11 is 0. The number of pyridine rings is 2. The first-order chi connectivity index (χ1) is 9.81. The predicted octanol–water partition coefficient (Wildman–Crippen LogP) is 2.32. The molecule has 0 spiro atoms. The lowest BCUT2D eigenvalue weighted by Gasteiger charge is -2.19. The van der Waals surface area contributed by atoms with Crippen LogP contribution < -0.4 is 11.3 Å². The van der Waals surface area contributed by atoms with E-state index in [-0.39, 0.29) is 0 Å². The third kappa shape index (κ3) is 2.13. The predicted molar refractivity (Wildman–Crippen MR) is 75.1 cm³/mol. The molecule has 1 atom stereocenters. The number of fused-ring (bicyclic) bond motifs is 1. The normalized spacial score (nSPS) is 12.5. The molecule has 0 fully saturated rings. The first-order valence-corrected chi connectivity index (χ1v) is 6.19. The van der Waals surface area contributed by atoms with Crippen molar-refractivity contribution in [2.75, 3.05) is 0 Å². The van der Waals surface area contributed by atoms with Crippen LogP contribution in [0, 0.1) is 5.82 Å². The number of benzene rings is 1. The van der Waals surface area contributed by atoms with E-state index in [4.69, 9.17) is 5.84 Å². The Morgan fingerprint density at radius 2 is 1.80 bits per heavy atom. The summed E-state index contributed by atoms with van der Waals surface area (Å²) in [5.41, 5.74) is 4.01. The molecule has 0 aliphatic carbocycles. The number of nitrogens with zero attached hydrogens (tertiary/aromatic N) is 2. The number of halogens is 1. The van der Waals surface area contributed by atoms with Crippen LogP contribution in [0.5, 0.6) is 0 Å². The van der Waals surface area contributed by atoms with Gasteiger partial charge < -0.3 is 0 Å². The Hall–Kier alpha value is -2.37. The van der Waals surface area contributed by atoms with Crippen LogP contribution in [-0.2, 0) is 0 Å². The largest absolute Gasteiger partial charge is 0.271 e. The Balaban J connectivity index is 2.20. The summed E-state index contributed by atoms with van der Waals surface area (Å²) in [4.78, 5) is 7.89. The van der Waals surface area contributed by atoms with E-state index in [1.54, 1.807) is 24.7 Å². The van der Waals surface area contributed by atoms with E-state index >= 15 is 0 Å². The fourth-order valence-electron chi connectivity index (χ4n) is 2.36. The van der Waals surface area contributed by atoms with E-state index in [1.165, 1.54) is 6.20 Å². The van der Waals surface area contributed by atoms with Gasteiger partial charge in [0.1, 0.15) is 5.82 Å². The molecule has 2 heterocycles. The standard InChI is InChI=1S/C15H13FN4/c16-14-9-19-7-5-12(14)15(20-17)11-3-1-2-10-4-6-18-8-13(10)11/h1-9,15,20H,17H2. The molecule has 2 aromatic heterocycles. The average Bonchev–Trinajstić information content (AvgIpc) is 2.50. The maximum Gasteiger partial charge on any atom is 0.146 e. The molecule has 1 unspecified atom stereocenters. The van der Waals surface area contributed by atoms with Crippen LogP contribution >= 0.6 is 0 Å². The zero-order valence-electron chi connectivity index (χ0n) is 10.6. The summed E-state index contributed by atoms with van der Waals surface area (Å²) in [6, 6.07) is 8.89. The van der Waals surface area contributed by atoms with Crippen molar-refractivity contribution in [2.24, 2.45) is 5.84 Å². The summed E-state index contributed by atoms with van der Waals surface area (Å²) in [5, 5.41) is 1.97. The van der Waals surface area contributed by atoms with Crippen molar-refractivity contribution in [1.29, 1.82) is 0 Å². The van der Waals surface area contributed by atoms with Gasteiger partial charge in [-0.1, -0.05) is 18.2 Å². The summed E-state index contributed by atoms with van der Waals surface area (Å²) in [6.07, 6.45) is 6.22. The SMILES string of the molecule is NNC(c1ccncc1F)c1cccc2ccncc12. The Labute approximate surface area is 115 Å². The van der Waals surface area contributed by atoms with Gasteiger partial charge >= 0.3 is 0 Å². The minimum atomic E-state index is -0.453. The fourth-order valence-corrected chi connectivity index (χ4v) is 2.36.